The van der Waals surface area contributed by atoms with Crippen LogP contribution in [-0.2, 0) is 28.6 Å². The quantitative estimate of drug-likeness (QED) is 0.237. The van der Waals surface area contributed by atoms with Crippen LogP contribution in [-0.4, -0.2) is 38.2 Å². The number of hydrogen-bond donors (Lipinski definition) is 0. The van der Waals surface area contributed by atoms with Crippen molar-refractivity contribution in [3.05, 3.63) is 54.1 Å². The Labute approximate surface area is 147 Å². The highest BCUT2D eigenvalue weighted by Crippen LogP contribution is 2.33. The zero-order valence-corrected chi connectivity index (χ0v) is 14.6. The maximum Gasteiger partial charge on any atom is 0.335 e. The summed E-state index contributed by atoms with van der Waals surface area (Å²) in [6, 6.07) is 8.78. The van der Waals surface area contributed by atoms with Crippen molar-refractivity contribution < 1.29 is 28.6 Å². The SMILES string of the molecule is C=CCOC(=O)C(C)(C(=O)OCC)/C(=C\c1ccccc1)C(=O)OC. The fourth-order valence-corrected chi connectivity index (χ4v) is 2.09. The molecule has 0 saturated heterocycles. The van der Waals surface area contributed by atoms with Gasteiger partial charge in [-0.25, -0.2) is 4.79 Å². The van der Waals surface area contributed by atoms with E-state index in [-0.39, 0.29) is 18.8 Å². The van der Waals surface area contributed by atoms with Gasteiger partial charge in [0, 0.05) is 0 Å². The van der Waals surface area contributed by atoms with Crippen molar-refractivity contribution in [2.75, 3.05) is 20.3 Å². The van der Waals surface area contributed by atoms with Crippen LogP contribution >= 0.6 is 0 Å². The van der Waals surface area contributed by atoms with Gasteiger partial charge in [-0.1, -0.05) is 43.0 Å². The predicted molar refractivity (Wildman–Crippen MR) is 92.3 cm³/mol. The molecule has 6 heteroatoms. The van der Waals surface area contributed by atoms with Crippen molar-refractivity contribution >= 4 is 24.0 Å². The molecule has 0 amide bonds. The van der Waals surface area contributed by atoms with Crippen LogP contribution in [0.1, 0.15) is 19.4 Å². The average Bonchev–Trinajstić information content (AvgIpc) is 2.63. The monoisotopic (exact) mass is 346 g/mol. The highest BCUT2D eigenvalue weighted by molar-refractivity contribution is 6.13. The number of carbonyl (C=O) groups excluding carboxylic acids is 3. The van der Waals surface area contributed by atoms with E-state index in [1.807, 2.05) is 0 Å². The molecule has 0 N–H and O–H groups in total. The van der Waals surface area contributed by atoms with Gasteiger partial charge >= 0.3 is 17.9 Å². The molecule has 6 nitrogen and oxygen atoms in total. The predicted octanol–water partition coefficient (Wildman–Crippen LogP) is 2.54. The molecule has 1 aromatic rings. The van der Waals surface area contributed by atoms with Gasteiger partial charge in [0.1, 0.15) is 6.61 Å². The first-order valence-corrected chi connectivity index (χ1v) is 7.72. The van der Waals surface area contributed by atoms with Crippen molar-refractivity contribution in [2.24, 2.45) is 5.41 Å². The highest BCUT2D eigenvalue weighted by Gasteiger charge is 2.51. The standard InChI is InChI=1S/C19H22O6/c1-5-12-25-18(22)19(3,17(21)24-6-2)15(16(20)23-4)13-14-10-8-7-9-11-14/h5,7-11,13H,1,6,12H2,2-4H3/b15-13-. The second kappa shape index (κ2) is 9.42. The Morgan fingerprint density at radius 1 is 1.12 bits per heavy atom. The van der Waals surface area contributed by atoms with Gasteiger partial charge in [0.15, 0.2) is 5.41 Å². The first kappa shape index (κ1) is 20.2. The van der Waals surface area contributed by atoms with E-state index in [2.05, 4.69) is 6.58 Å². The number of rotatable bonds is 8. The van der Waals surface area contributed by atoms with E-state index in [4.69, 9.17) is 14.2 Å². The van der Waals surface area contributed by atoms with Gasteiger partial charge in [-0.2, -0.15) is 0 Å². The van der Waals surface area contributed by atoms with Gasteiger partial charge in [-0.05, 0) is 25.5 Å². The van der Waals surface area contributed by atoms with Crippen molar-refractivity contribution in [3.8, 4) is 0 Å². The molecule has 0 aliphatic heterocycles. The molecule has 1 rings (SSSR count). The average molecular weight is 346 g/mol. The van der Waals surface area contributed by atoms with E-state index in [0.29, 0.717) is 5.56 Å². The molecule has 0 aliphatic carbocycles. The van der Waals surface area contributed by atoms with Crippen molar-refractivity contribution in [3.63, 3.8) is 0 Å². The van der Waals surface area contributed by atoms with Gasteiger partial charge < -0.3 is 14.2 Å². The molecule has 25 heavy (non-hydrogen) atoms. The summed E-state index contributed by atoms with van der Waals surface area (Å²) in [6.07, 6.45) is 2.78. The minimum atomic E-state index is -1.97. The number of methoxy groups -OCH3 is 1. The van der Waals surface area contributed by atoms with E-state index < -0.39 is 23.3 Å². The molecule has 0 radical (unpaired) electrons. The maximum absolute atomic E-state index is 12.6. The second-order valence-electron chi connectivity index (χ2n) is 5.19. The van der Waals surface area contributed by atoms with E-state index >= 15 is 0 Å². The third-order valence-corrected chi connectivity index (χ3v) is 3.48. The second-order valence-corrected chi connectivity index (χ2v) is 5.19. The zero-order chi connectivity index (χ0) is 18.9. The lowest BCUT2D eigenvalue weighted by atomic mass is 9.80. The fraction of sp³-hybridized carbons (Fsp3) is 0.316. The fourth-order valence-electron chi connectivity index (χ4n) is 2.09. The van der Waals surface area contributed by atoms with Crippen LogP contribution < -0.4 is 0 Å². The first-order chi connectivity index (χ1) is 11.9. The third-order valence-electron chi connectivity index (χ3n) is 3.48. The van der Waals surface area contributed by atoms with Crippen LogP contribution in [0.15, 0.2) is 48.6 Å². The first-order valence-electron chi connectivity index (χ1n) is 7.72. The summed E-state index contributed by atoms with van der Waals surface area (Å²) in [4.78, 5) is 37.4. The minimum absolute atomic E-state index is 0.0446. The molecule has 0 saturated carbocycles. The summed E-state index contributed by atoms with van der Waals surface area (Å²) in [6.45, 7) is 6.28. The van der Waals surface area contributed by atoms with Gasteiger partial charge in [0.2, 0.25) is 0 Å². The number of carbonyl (C=O) groups is 3. The molecule has 0 spiro atoms. The Hall–Kier alpha value is -2.89. The summed E-state index contributed by atoms with van der Waals surface area (Å²) in [5.41, 5.74) is -1.52. The number of ether oxygens (including phenoxy) is 3. The Morgan fingerprint density at radius 2 is 1.72 bits per heavy atom. The molecule has 0 aromatic heterocycles. The summed E-state index contributed by atoms with van der Waals surface area (Å²) < 4.78 is 14.8. The van der Waals surface area contributed by atoms with Crippen LogP contribution in [0.2, 0.25) is 0 Å². The van der Waals surface area contributed by atoms with Crippen molar-refractivity contribution in [1.29, 1.82) is 0 Å². The zero-order valence-electron chi connectivity index (χ0n) is 14.6. The van der Waals surface area contributed by atoms with E-state index in [1.54, 1.807) is 37.3 Å². The summed E-state index contributed by atoms with van der Waals surface area (Å²) in [5, 5.41) is 0. The topological polar surface area (TPSA) is 78.9 Å². The van der Waals surface area contributed by atoms with Gasteiger partial charge in [0.25, 0.3) is 0 Å². The lowest BCUT2D eigenvalue weighted by Crippen LogP contribution is -2.43. The Morgan fingerprint density at radius 3 is 2.24 bits per heavy atom. The van der Waals surface area contributed by atoms with E-state index in [9.17, 15) is 14.4 Å². The molecule has 1 unspecified atom stereocenters. The smallest absolute Gasteiger partial charge is 0.335 e. The molecule has 1 aromatic carbocycles. The largest absolute Gasteiger partial charge is 0.466 e. The van der Waals surface area contributed by atoms with Crippen LogP contribution in [0.25, 0.3) is 6.08 Å². The highest BCUT2D eigenvalue weighted by atomic mass is 16.6. The van der Waals surface area contributed by atoms with Crippen molar-refractivity contribution in [2.45, 2.75) is 13.8 Å². The van der Waals surface area contributed by atoms with E-state index in [0.717, 1.165) is 0 Å². The Balaban J connectivity index is 3.50. The normalized spacial score (nSPS) is 13.3. The molecule has 0 fully saturated rings. The lowest BCUT2D eigenvalue weighted by molar-refractivity contribution is -0.169. The maximum atomic E-state index is 12.6. The molecule has 134 valence electrons. The number of benzene rings is 1. The molecular formula is C19H22O6. The van der Waals surface area contributed by atoms with E-state index in [1.165, 1.54) is 26.2 Å². The van der Waals surface area contributed by atoms with Gasteiger partial charge in [0.05, 0.1) is 19.3 Å². The van der Waals surface area contributed by atoms with Crippen LogP contribution in [0.3, 0.4) is 0 Å². The third kappa shape index (κ3) is 4.79. The minimum Gasteiger partial charge on any atom is -0.466 e. The molecule has 1 atom stereocenters. The van der Waals surface area contributed by atoms with Crippen molar-refractivity contribution in [1.82, 2.24) is 0 Å². The van der Waals surface area contributed by atoms with Crippen LogP contribution in [0.4, 0.5) is 0 Å². The summed E-state index contributed by atoms with van der Waals surface area (Å²) in [7, 11) is 1.17. The van der Waals surface area contributed by atoms with Gasteiger partial charge in [-0.3, -0.25) is 9.59 Å². The molecular weight excluding hydrogens is 324 g/mol. The number of hydrogen-bond acceptors (Lipinski definition) is 6. The molecule has 0 bridgehead atoms. The number of esters is 3. The Bertz CT molecular complexity index is 662. The summed E-state index contributed by atoms with van der Waals surface area (Å²) >= 11 is 0. The summed E-state index contributed by atoms with van der Waals surface area (Å²) in [5.74, 6) is -2.63. The lowest BCUT2D eigenvalue weighted by Gasteiger charge is -2.26. The van der Waals surface area contributed by atoms with Crippen LogP contribution in [0, 0.1) is 5.41 Å². The molecule has 0 aliphatic rings. The van der Waals surface area contributed by atoms with Gasteiger partial charge in [-0.15, -0.1) is 0 Å². The van der Waals surface area contributed by atoms with Crippen LogP contribution in [0.5, 0.6) is 0 Å². The molecule has 0 heterocycles. The Kier molecular flexibility index (Phi) is 7.59.